The van der Waals surface area contributed by atoms with Crippen LogP contribution in [0.15, 0.2) is 83.9 Å². The molecule has 0 spiro atoms. The van der Waals surface area contributed by atoms with Gasteiger partial charge in [0.1, 0.15) is 37.0 Å². The van der Waals surface area contributed by atoms with E-state index in [0.717, 1.165) is 5.56 Å². The molecule has 0 saturated carbocycles. The van der Waals surface area contributed by atoms with Gasteiger partial charge in [-0.1, -0.05) is 41.9 Å². The van der Waals surface area contributed by atoms with Gasteiger partial charge in [-0.05, 0) is 46.3 Å². The van der Waals surface area contributed by atoms with Crippen molar-refractivity contribution in [3.8, 4) is 5.69 Å². The fourth-order valence-corrected chi connectivity index (χ4v) is 4.66. The molecule has 3 amide bonds. The number of nitrogens with zero attached hydrogens (tertiary/aromatic N) is 7. The number of allylic oxidation sites excluding steroid dienone is 1. The zero-order valence-electron chi connectivity index (χ0n) is 21.9. The summed E-state index contributed by atoms with van der Waals surface area (Å²) in [6.07, 6.45) is 6.11. The molecule has 3 aromatic rings. The molecule has 1 atom stereocenters. The second-order valence-corrected chi connectivity index (χ2v) is 9.58. The average Bonchev–Trinajstić information content (AvgIpc) is 3.50. The van der Waals surface area contributed by atoms with Gasteiger partial charge in [-0.25, -0.2) is 4.99 Å². The first kappa shape index (κ1) is 27.4. The number of hydrogen-bond acceptors (Lipinski definition) is 9. The van der Waals surface area contributed by atoms with Gasteiger partial charge in [0, 0.05) is 24.7 Å². The van der Waals surface area contributed by atoms with Crippen molar-refractivity contribution in [1.82, 2.24) is 35.7 Å². The number of carbonyl (C=O) groups excluding carboxylic acids is 3. The third-order valence-corrected chi connectivity index (χ3v) is 6.69. The van der Waals surface area contributed by atoms with Gasteiger partial charge < -0.3 is 15.5 Å². The topological polar surface area (TPSA) is 162 Å². The molecule has 2 aromatic carbocycles. The van der Waals surface area contributed by atoms with Gasteiger partial charge in [0.05, 0.1) is 17.1 Å². The fraction of sp³-hybridized carbons (Fsp3) is 0.185. The van der Waals surface area contributed by atoms with Crippen LogP contribution in [0.25, 0.3) is 5.69 Å². The van der Waals surface area contributed by atoms with Gasteiger partial charge in [0.25, 0.3) is 0 Å². The zero-order valence-corrected chi connectivity index (χ0v) is 22.6. The molecule has 14 heteroatoms. The number of benzene rings is 2. The van der Waals surface area contributed by atoms with E-state index < -0.39 is 23.8 Å². The van der Waals surface area contributed by atoms with Crippen LogP contribution in [0.5, 0.6) is 0 Å². The molecule has 2 aliphatic heterocycles. The number of rotatable bonds is 7. The van der Waals surface area contributed by atoms with Crippen LogP contribution in [0.3, 0.4) is 0 Å². The standard InChI is InChI=1S/C27H25ClN10O3/c1-30-13-20-19(29)8-10-24(32-20)33-27(41)23(11-17-5-3-2-4-6-17)37-15-25(39)36(14-26(37)40)22-12-18(28)7-9-21(22)38-16-31-34-35-38/h2-10,12-13,16,23,29-30H,11,14-15H2,1H3,(H,32,33,41)/b20-13+,29-19?. The van der Waals surface area contributed by atoms with Crippen LogP contribution >= 0.6 is 11.6 Å². The predicted molar refractivity (Wildman–Crippen MR) is 152 cm³/mol. The third-order valence-electron chi connectivity index (χ3n) is 6.45. The van der Waals surface area contributed by atoms with Crippen molar-refractivity contribution in [3.63, 3.8) is 0 Å². The first-order valence-corrected chi connectivity index (χ1v) is 12.9. The Kier molecular flexibility index (Phi) is 7.97. The molecule has 3 N–H and O–H groups in total. The summed E-state index contributed by atoms with van der Waals surface area (Å²) in [6, 6.07) is 13.1. The molecule has 3 heterocycles. The molecule has 2 aliphatic rings. The Balaban J connectivity index is 1.42. The van der Waals surface area contributed by atoms with Crippen molar-refractivity contribution in [2.45, 2.75) is 12.5 Å². The Morgan fingerprint density at radius 3 is 2.63 bits per heavy atom. The monoisotopic (exact) mass is 572 g/mol. The van der Waals surface area contributed by atoms with E-state index in [0.29, 0.717) is 22.1 Å². The largest absolute Gasteiger partial charge is 0.392 e. The number of amidine groups is 1. The number of anilines is 1. The van der Waals surface area contributed by atoms with Crippen molar-refractivity contribution in [1.29, 1.82) is 5.41 Å². The zero-order chi connectivity index (χ0) is 28.9. The van der Waals surface area contributed by atoms with Crippen molar-refractivity contribution in [3.05, 3.63) is 89.5 Å². The Labute approximate surface area is 239 Å². The number of aromatic nitrogens is 4. The highest BCUT2D eigenvalue weighted by atomic mass is 35.5. The van der Waals surface area contributed by atoms with Crippen LogP contribution in [-0.2, 0) is 20.8 Å². The lowest BCUT2D eigenvalue weighted by molar-refractivity contribution is -0.144. The molecule has 0 radical (unpaired) electrons. The lowest BCUT2D eigenvalue weighted by Crippen LogP contribution is -2.61. The van der Waals surface area contributed by atoms with Crippen molar-refractivity contribution in [2.24, 2.45) is 4.99 Å². The van der Waals surface area contributed by atoms with Crippen molar-refractivity contribution < 1.29 is 14.4 Å². The van der Waals surface area contributed by atoms with Gasteiger partial charge in [0.15, 0.2) is 0 Å². The summed E-state index contributed by atoms with van der Waals surface area (Å²) in [7, 11) is 1.68. The van der Waals surface area contributed by atoms with Gasteiger partial charge in [0.2, 0.25) is 17.7 Å². The minimum absolute atomic E-state index is 0.171. The Morgan fingerprint density at radius 2 is 1.90 bits per heavy atom. The van der Waals surface area contributed by atoms with E-state index in [1.54, 1.807) is 31.4 Å². The number of aliphatic imine (C=N–C) groups is 1. The highest BCUT2D eigenvalue weighted by Gasteiger charge is 2.39. The molecule has 13 nitrogen and oxygen atoms in total. The maximum Gasteiger partial charge on any atom is 0.248 e. The van der Waals surface area contributed by atoms with E-state index in [-0.39, 0.29) is 31.1 Å². The van der Waals surface area contributed by atoms with Gasteiger partial charge in [-0.2, -0.15) is 4.68 Å². The fourth-order valence-electron chi connectivity index (χ4n) is 4.50. The molecular formula is C27H25ClN10O3. The van der Waals surface area contributed by atoms with E-state index in [2.05, 4.69) is 31.2 Å². The number of tetrazole rings is 1. The minimum atomic E-state index is -1.01. The van der Waals surface area contributed by atoms with E-state index in [1.807, 2.05) is 30.3 Å². The Hall–Kier alpha value is -5.17. The first-order valence-electron chi connectivity index (χ1n) is 12.5. The highest BCUT2D eigenvalue weighted by molar-refractivity contribution is 6.31. The summed E-state index contributed by atoms with van der Waals surface area (Å²) in [5.74, 6) is -1.13. The van der Waals surface area contributed by atoms with Gasteiger partial charge in [-0.15, -0.1) is 5.10 Å². The van der Waals surface area contributed by atoms with E-state index in [1.165, 1.54) is 33.0 Å². The van der Waals surface area contributed by atoms with E-state index in [9.17, 15) is 14.4 Å². The highest BCUT2D eigenvalue weighted by Crippen LogP contribution is 2.29. The Morgan fingerprint density at radius 1 is 1.10 bits per heavy atom. The summed E-state index contributed by atoms with van der Waals surface area (Å²) in [5, 5.41) is 25.1. The van der Waals surface area contributed by atoms with Crippen LogP contribution in [0, 0.1) is 5.41 Å². The minimum Gasteiger partial charge on any atom is -0.392 e. The maximum atomic E-state index is 13.6. The molecule has 1 fully saturated rings. The quantitative estimate of drug-likeness (QED) is 0.384. The second-order valence-electron chi connectivity index (χ2n) is 9.15. The van der Waals surface area contributed by atoms with Gasteiger partial charge in [-0.3, -0.25) is 24.7 Å². The molecule has 41 heavy (non-hydrogen) atoms. The van der Waals surface area contributed by atoms with Crippen LogP contribution in [-0.4, -0.2) is 80.6 Å². The van der Waals surface area contributed by atoms with E-state index >= 15 is 0 Å². The normalized spacial score (nSPS) is 17.1. The number of nitrogens with one attached hydrogen (secondary N) is 3. The number of hydrogen-bond donors (Lipinski definition) is 3. The van der Waals surface area contributed by atoms with Crippen molar-refractivity contribution >= 4 is 46.6 Å². The average molecular weight is 573 g/mol. The lowest BCUT2D eigenvalue weighted by Gasteiger charge is -2.38. The maximum absolute atomic E-state index is 13.6. The molecule has 208 valence electrons. The lowest BCUT2D eigenvalue weighted by atomic mass is 10.0. The summed E-state index contributed by atoms with van der Waals surface area (Å²) in [4.78, 5) is 47.7. The summed E-state index contributed by atoms with van der Waals surface area (Å²) in [5.41, 5.74) is 2.15. The molecule has 0 bridgehead atoms. The Bertz CT molecular complexity index is 1580. The van der Waals surface area contributed by atoms with Crippen LogP contribution in [0.4, 0.5) is 5.69 Å². The molecule has 1 unspecified atom stereocenters. The van der Waals surface area contributed by atoms with Crippen molar-refractivity contribution in [2.75, 3.05) is 25.0 Å². The second kappa shape index (κ2) is 11.9. The number of piperazine rings is 1. The summed E-state index contributed by atoms with van der Waals surface area (Å²) >= 11 is 6.24. The molecule has 1 aromatic heterocycles. The molecule has 1 saturated heterocycles. The van der Waals surface area contributed by atoms with Crippen LogP contribution < -0.4 is 15.5 Å². The third kappa shape index (κ3) is 6.04. The first-order chi connectivity index (χ1) is 19.8. The molecule has 0 aliphatic carbocycles. The smallest absolute Gasteiger partial charge is 0.248 e. The predicted octanol–water partition coefficient (Wildman–Crippen LogP) is 1.27. The molecule has 5 rings (SSSR count). The number of dihydropyridines is 1. The number of halogens is 1. The van der Waals surface area contributed by atoms with Gasteiger partial charge >= 0.3 is 0 Å². The SMILES string of the molecule is CN/C=C1/N=C(NC(=O)C(Cc2ccccc2)N2CC(=O)N(c3cc(Cl)ccc3-n3cnnn3)CC2=O)C=CC1=N. The summed E-state index contributed by atoms with van der Waals surface area (Å²) < 4.78 is 1.37. The summed E-state index contributed by atoms with van der Waals surface area (Å²) in [6.45, 7) is -0.664. The number of carbonyl (C=O) groups is 3. The van der Waals surface area contributed by atoms with Crippen LogP contribution in [0.1, 0.15) is 5.56 Å². The molecular weight excluding hydrogens is 548 g/mol. The van der Waals surface area contributed by atoms with Crippen LogP contribution in [0.2, 0.25) is 5.02 Å². The van der Waals surface area contributed by atoms with E-state index in [4.69, 9.17) is 17.0 Å². The number of amides is 3.